The summed E-state index contributed by atoms with van der Waals surface area (Å²) >= 11 is 0. The first-order valence-electron chi connectivity index (χ1n) is 29.2. The van der Waals surface area contributed by atoms with Gasteiger partial charge in [-0.2, -0.15) is 0 Å². The summed E-state index contributed by atoms with van der Waals surface area (Å²) in [6.45, 7) is 23.2. The molecule has 2 nitrogen and oxygen atoms in total. The minimum absolute atomic E-state index is 0.0696. The maximum Gasteiger partial charge on any atom is 0.0540 e. The molecule has 2 heteroatoms. The first kappa shape index (κ1) is 52.4. The molecular formula is C80H72N2. The van der Waals surface area contributed by atoms with E-state index in [0.717, 1.165) is 22.7 Å². The molecule has 2 aliphatic carbocycles. The van der Waals surface area contributed by atoms with Crippen LogP contribution in [0.1, 0.15) is 125 Å². The second kappa shape index (κ2) is 19.9. The lowest BCUT2D eigenvalue weighted by Gasteiger charge is -2.30. The van der Waals surface area contributed by atoms with Crippen molar-refractivity contribution < 1.29 is 0 Å². The average Bonchev–Trinajstić information content (AvgIpc) is 3.93. The summed E-state index contributed by atoms with van der Waals surface area (Å²) in [4.78, 5) is 4.89. The third-order valence-electron chi connectivity index (χ3n) is 17.8. The predicted molar refractivity (Wildman–Crippen MR) is 354 cm³/mol. The van der Waals surface area contributed by atoms with Gasteiger partial charge >= 0.3 is 0 Å². The molecule has 0 radical (unpaired) electrons. The zero-order valence-electron chi connectivity index (χ0n) is 49.1. The van der Waals surface area contributed by atoms with Crippen molar-refractivity contribution in [3.05, 3.63) is 286 Å². The predicted octanol–water partition coefficient (Wildman–Crippen LogP) is 22.5. The van der Waals surface area contributed by atoms with E-state index in [1.54, 1.807) is 0 Å². The van der Waals surface area contributed by atoms with Crippen LogP contribution in [0.4, 0.5) is 34.1 Å². The Morgan fingerprint density at radius 1 is 0.293 bits per heavy atom. The topological polar surface area (TPSA) is 6.48 Å². The van der Waals surface area contributed by atoms with Gasteiger partial charge in [0.25, 0.3) is 0 Å². The highest BCUT2D eigenvalue weighted by Crippen LogP contribution is 2.54. The summed E-state index contributed by atoms with van der Waals surface area (Å²) < 4.78 is 0. The summed E-state index contributed by atoms with van der Waals surface area (Å²) in [6.07, 6.45) is 9.01. The van der Waals surface area contributed by atoms with Crippen LogP contribution < -0.4 is 9.80 Å². The van der Waals surface area contributed by atoms with Gasteiger partial charge in [0.2, 0.25) is 0 Å². The summed E-state index contributed by atoms with van der Waals surface area (Å²) in [7, 11) is 0. The van der Waals surface area contributed by atoms with Gasteiger partial charge in [-0.3, -0.25) is 0 Å². The van der Waals surface area contributed by atoms with E-state index in [4.69, 9.17) is 0 Å². The third kappa shape index (κ3) is 9.35. The van der Waals surface area contributed by atoms with Crippen LogP contribution in [0.2, 0.25) is 0 Å². The number of nitrogens with zero attached hydrogens (tertiary/aromatic N) is 2. The van der Waals surface area contributed by atoms with E-state index >= 15 is 0 Å². The zero-order valence-corrected chi connectivity index (χ0v) is 49.1. The van der Waals surface area contributed by atoms with Crippen molar-refractivity contribution in [2.45, 2.75) is 90.9 Å². The molecule has 402 valence electrons. The zero-order chi connectivity index (χ0) is 56.7. The highest BCUT2D eigenvalue weighted by Gasteiger charge is 2.38. The first-order valence-corrected chi connectivity index (χ1v) is 29.2. The van der Waals surface area contributed by atoms with E-state index in [2.05, 4.69) is 334 Å². The molecule has 0 fully saturated rings. The van der Waals surface area contributed by atoms with Gasteiger partial charge in [-0.15, -0.1) is 0 Å². The molecule has 0 saturated heterocycles. The average molecular weight is 1060 g/mol. The molecule has 0 saturated carbocycles. The molecule has 11 aromatic carbocycles. The molecule has 11 aromatic rings. The van der Waals surface area contributed by atoms with Crippen LogP contribution in [0.5, 0.6) is 0 Å². The largest absolute Gasteiger partial charge is 0.310 e. The quantitative estimate of drug-likeness (QED) is 0.126. The molecule has 0 bridgehead atoms. The Balaban J connectivity index is 0.730. The monoisotopic (exact) mass is 1060 g/mol. The van der Waals surface area contributed by atoms with Crippen molar-refractivity contribution in [3.63, 3.8) is 0 Å². The van der Waals surface area contributed by atoms with E-state index in [-0.39, 0.29) is 21.7 Å². The van der Waals surface area contributed by atoms with E-state index in [0.29, 0.717) is 0 Å². The minimum atomic E-state index is -0.193. The lowest BCUT2D eigenvalue weighted by molar-refractivity contribution is 0.590. The number of fused-ring (bicyclic) bond motifs is 8. The molecule has 0 aliphatic heterocycles. The normalized spacial score (nSPS) is 14.1. The second-order valence-electron chi connectivity index (χ2n) is 25.9. The van der Waals surface area contributed by atoms with Crippen molar-refractivity contribution in [1.29, 1.82) is 0 Å². The Morgan fingerprint density at radius 2 is 0.598 bits per heavy atom. The van der Waals surface area contributed by atoms with Gasteiger partial charge in [0.05, 0.1) is 11.4 Å². The summed E-state index contributed by atoms with van der Waals surface area (Å²) in [5.41, 5.74) is 24.8. The molecule has 0 atom stereocenters. The van der Waals surface area contributed by atoms with Gasteiger partial charge in [-0.25, -0.2) is 0 Å². The van der Waals surface area contributed by atoms with Crippen LogP contribution in [-0.2, 0) is 21.7 Å². The maximum atomic E-state index is 2.44. The number of hydrogen-bond donors (Lipinski definition) is 0. The van der Waals surface area contributed by atoms with Crippen LogP contribution in [0.15, 0.2) is 231 Å². The molecular weight excluding hydrogens is 989 g/mol. The van der Waals surface area contributed by atoms with Gasteiger partial charge in [0.15, 0.2) is 0 Å². The Morgan fingerprint density at radius 3 is 0.976 bits per heavy atom. The van der Waals surface area contributed by atoms with Gasteiger partial charge in [-0.05, 0) is 160 Å². The lowest BCUT2D eigenvalue weighted by atomic mass is 9.81. The molecule has 0 unspecified atom stereocenters. The number of anilines is 6. The third-order valence-corrected chi connectivity index (χ3v) is 17.8. The molecule has 82 heavy (non-hydrogen) atoms. The van der Waals surface area contributed by atoms with Crippen molar-refractivity contribution in [1.82, 2.24) is 0 Å². The summed E-state index contributed by atoms with van der Waals surface area (Å²) in [5, 5.41) is 4.93. The summed E-state index contributed by atoms with van der Waals surface area (Å²) in [5.74, 6) is 0. The Hall–Kier alpha value is -8.98. The number of rotatable bonds is 10. The lowest BCUT2D eigenvalue weighted by Crippen LogP contribution is -2.17. The smallest absolute Gasteiger partial charge is 0.0540 e. The van der Waals surface area contributed by atoms with E-state index < -0.39 is 0 Å². The fourth-order valence-corrected chi connectivity index (χ4v) is 13.0. The van der Waals surface area contributed by atoms with Crippen LogP contribution in [0, 0.1) is 0 Å². The Bertz CT molecular complexity index is 4030. The highest BCUT2D eigenvalue weighted by molar-refractivity contribution is 6.01. The molecule has 0 N–H and O–H groups in total. The standard InChI is InChI=1S/C80H72N2/c1-77(2,3)59-35-39-61(40-36-59)81(75-23-15-19-57-17-11-13-21-65(57)75)63-43-47-69-67-45-33-55(49-71(67)79(7,8)73(69)51-63)31-29-53-25-27-54(28-26-53)30-32-56-34-46-68-70-48-44-64(52-74(70)80(9,10)72(68)50-56)82(62-41-37-60(38-42-62)78(4,5)6)76-24-16-20-58-18-12-14-22-66(58)76/h11-52H,1-10H3/b31-29+,32-30+. The van der Waals surface area contributed by atoms with Crippen molar-refractivity contribution >= 4 is 80.0 Å². The van der Waals surface area contributed by atoms with Gasteiger partial charge in [-0.1, -0.05) is 263 Å². The van der Waals surface area contributed by atoms with Gasteiger partial charge in [0.1, 0.15) is 0 Å². The molecule has 0 spiro atoms. The molecule has 0 heterocycles. The first-order chi connectivity index (χ1) is 39.4. The Labute approximate surface area is 486 Å². The highest BCUT2D eigenvalue weighted by atomic mass is 15.1. The van der Waals surface area contributed by atoms with Crippen molar-refractivity contribution in [3.8, 4) is 22.3 Å². The molecule has 13 rings (SSSR count). The fraction of sp³-hybridized carbons (Fsp3) is 0.175. The fourth-order valence-electron chi connectivity index (χ4n) is 13.0. The summed E-state index contributed by atoms with van der Waals surface area (Å²) in [6, 6.07) is 86.2. The van der Waals surface area contributed by atoms with Crippen LogP contribution in [0.25, 0.3) is 68.1 Å². The second-order valence-corrected chi connectivity index (χ2v) is 25.9. The maximum absolute atomic E-state index is 2.44. The van der Waals surface area contributed by atoms with Crippen molar-refractivity contribution in [2.24, 2.45) is 0 Å². The van der Waals surface area contributed by atoms with Crippen LogP contribution in [0.3, 0.4) is 0 Å². The SMILES string of the molecule is CC(C)(C)c1ccc(N(c2ccc3c(c2)C(C)(C)c2cc(/C=C/c4ccc(/C=C/c5ccc6c(c5)C(C)(C)c5cc(N(c7ccc(C(C)(C)C)cc7)c7cccc8ccccc78)ccc5-6)cc4)ccc2-3)c2cccc3ccccc23)cc1. The van der Waals surface area contributed by atoms with E-state index in [1.807, 2.05) is 0 Å². The van der Waals surface area contributed by atoms with E-state index in [9.17, 15) is 0 Å². The van der Waals surface area contributed by atoms with Crippen LogP contribution in [-0.4, -0.2) is 0 Å². The Kier molecular flexibility index (Phi) is 12.7. The van der Waals surface area contributed by atoms with Crippen molar-refractivity contribution in [2.75, 3.05) is 9.80 Å². The van der Waals surface area contributed by atoms with Gasteiger partial charge in [0, 0.05) is 44.4 Å². The molecule has 2 aliphatic rings. The van der Waals surface area contributed by atoms with Crippen LogP contribution >= 0.6 is 0 Å². The van der Waals surface area contributed by atoms with Gasteiger partial charge < -0.3 is 9.80 Å². The molecule has 0 amide bonds. The molecule has 0 aromatic heterocycles. The van der Waals surface area contributed by atoms with E-state index in [1.165, 1.54) is 111 Å². The number of hydrogen-bond acceptors (Lipinski definition) is 2. The minimum Gasteiger partial charge on any atom is -0.310 e. The number of benzene rings is 11.